The average Bonchev–Trinajstić information content (AvgIpc) is 3.14. The number of amides is 3. The van der Waals surface area contributed by atoms with E-state index in [4.69, 9.17) is 5.73 Å². The number of nitrogens with zero attached hydrogens (tertiary/aromatic N) is 1. The summed E-state index contributed by atoms with van der Waals surface area (Å²) in [7, 11) is 1.51. The highest BCUT2D eigenvalue weighted by Crippen LogP contribution is 2.39. The lowest BCUT2D eigenvalue weighted by Gasteiger charge is -2.31. The monoisotopic (exact) mass is 435 g/mol. The molecule has 2 rings (SSSR count). The zero-order valence-corrected chi connectivity index (χ0v) is 18.5. The van der Waals surface area contributed by atoms with Crippen LogP contribution < -0.4 is 21.7 Å². The number of hydrogen-bond acceptors (Lipinski definition) is 6. The molecule has 0 saturated carbocycles. The zero-order valence-electron chi connectivity index (χ0n) is 17.7. The van der Waals surface area contributed by atoms with Gasteiger partial charge in [-0.25, -0.2) is 0 Å². The van der Waals surface area contributed by atoms with Crippen molar-refractivity contribution in [1.82, 2.24) is 20.9 Å². The number of nitrogens with one attached hydrogen (secondary N) is 3. The number of hydrogen-bond donors (Lipinski definition) is 4. The Bertz CT molecular complexity index is 690. The minimum Gasteiger partial charge on any atom is -0.344 e. The van der Waals surface area contributed by atoms with E-state index in [2.05, 4.69) is 34.0 Å². The highest BCUT2D eigenvalue weighted by molar-refractivity contribution is 8.03. The van der Waals surface area contributed by atoms with Gasteiger partial charge in [-0.05, 0) is 44.7 Å². The molecule has 0 radical (unpaired) electrons. The van der Waals surface area contributed by atoms with Gasteiger partial charge in [-0.3, -0.25) is 20.1 Å². The van der Waals surface area contributed by atoms with Gasteiger partial charge >= 0.3 is 0 Å². The minimum atomic E-state index is -0.966. The van der Waals surface area contributed by atoms with Crippen molar-refractivity contribution in [3.63, 3.8) is 0 Å². The first-order chi connectivity index (χ1) is 14.4. The van der Waals surface area contributed by atoms with Crippen LogP contribution in [-0.2, 0) is 14.4 Å². The Balaban J connectivity index is 2.17. The number of likely N-dealkylation sites (N-methyl/N-ethyl adjacent to an activating group) is 1. The first kappa shape index (κ1) is 24.2. The predicted molar refractivity (Wildman–Crippen MR) is 120 cm³/mol. The van der Waals surface area contributed by atoms with Crippen molar-refractivity contribution in [2.24, 2.45) is 17.6 Å². The lowest BCUT2D eigenvalue weighted by Crippen LogP contribution is -2.58. The Labute approximate surface area is 182 Å². The molecule has 2 aliphatic heterocycles. The summed E-state index contributed by atoms with van der Waals surface area (Å²) in [4.78, 5) is 38.0. The van der Waals surface area contributed by atoms with Crippen LogP contribution in [0.5, 0.6) is 0 Å². The minimum absolute atomic E-state index is 0.0874. The molecule has 30 heavy (non-hydrogen) atoms. The second-order valence-corrected chi connectivity index (χ2v) is 8.60. The van der Waals surface area contributed by atoms with Crippen LogP contribution in [0, 0.1) is 11.8 Å². The summed E-state index contributed by atoms with van der Waals surface area (Å²) in [5.74, 6) is -0.496. The van der Waals surface area contributed by atoms with Crippen LogP contribution in [0.1, 0.15) is 26.2 Å². The van der Waals surface area contributed by atoms with E-state index < -0.39 is 12.3 Å². The van der Waals surface area contributed by atoms with Gasteiger partial charge in [0.05, 0.1) is 0 Å². The van der Waals surface area contributed by atoms with Gasteiger partial charge in [0.2, 0.25) is 18.2 Å². The maximum Gasteiger partial charge on any atom is 0.247 e. The highest BCUT2D eigenvalue weighted by atomic mass is 32.2. The van der Waals surface area contributed by atoms with E-state index in [0.717, 1.165) is 31.5 Å². The molecule has 1 fully saturated rings. The van der Waals surface area contributed by atoms with Crippen molar-refractivity contribution in [1.29, 1.82) is 0 Å². The molecule has 0 aromatic heterocycles. The predicted octanol–water partition coefficient (Wildman–Crippen LogP) is 0.685. The number of allylic oxidation sites excluding steroid dienone is 2. The number of piperidine rings is 1. The molecule has 0 spiro atoms. The van der Waals surface area contributed by atoms with Crippen molar-refractivity contribution < 1.29 is 14.4 Å². The number of thioether (sulfide) groups is 1. The van der Waals surface area contributed by atoms with Gasteiger partial charge in [-0.15, -0.1) is 18.3 Å². The molecule has 1 saturated heterocycles. The molecular weight excluding hydrogens is 402 g/mol. The molecule has 5 N–H and O–H groups in total. The molecular formula is C21H33N5O3S. The van der Waals surface area contributed by atoms with Gasteiger partial charge < -0.3 is 20.9 Å². The molecule has 0 aromatic rings. The molecule has 166 valence electrons. The molecule has 0 aliphatic carbocycles. The molecule has 2 unspecified atom stereocenters. The van der Waals surface area contributed by atoms with Crippen molar-refractivity contribution in [2.45, 2.75) is 43.8 Å². The zero-order chi connectivity index (χ0) is 22.1. The van der Waals surface area contributed by atoms with Crippen molar-refractivity contribution in [3.05, 3.63) is 35.8 Å². The van der Waals surface area contributed by atoms with Crippen LogP contribution in [0.25, 0.3) is 0 Å². The maximum absolute atomic E-state index is 13.2. The molecule has 2 aliphatic rings. The summed E-state index contributed by atoms with van der Waals surface area (Å²) in [5.41, 5.74) is 6.91. The standard InChI is InChI=1S/C21H33N5O3S/c1-4-6-18-16(5-2)15(12-30-18)11-17(20(29)26(3)21(22)24-13-27)25-19(28)14-7-9-23-10-8-14/h4-6,12-14,16-18,21,23H,2,7-11,22H2,1,3H3,(H,24,27)(H,25,28)/b6-4-/t16?,17-,18?,21+/m1/s1. The summed E-state index contributed by atoms with van der Waals surface area (Å²) in [6.07, 6.45) is 7.33. The Morgan fingerprint density at radius 3 is 2.73 bits per heavy atom. The van der Waals surface area contributed by atoms with E-state index in [9.17, 15) is 14.4 Å². The van der Waals surface area contributed by atoms with Gasteiger partial charge in [-0.1, -0.05) is 23.8 Å². The first-order valence-corrected chi connectivity index (χ1v) is 11.2. The van der Waals surface area contributed by atoms with E-state index in [-0.39, 0.29) is 28.9 Å². The third-order valence-electron chi connectivity index (χ3n) is 5.56. The number of carbonyl (C=O) groups excluding carboxylic acids is 3. The second-order valence-electron chi connectivity index (χ2n) is 7.55. The summed E-state index contributed by atoms with van der Waals surface area (Å²) >= 11 is 1.68. The molecule has 3 amide bonds. The lowest BCUT2D eigenvalue weighted by atomic mass is 9.90. The van der Waals surface area contributed by atoms with Crippen molar-refractivity contribution in [2.75, 3.05) is 20.1 Å². The Morgan fingerprint density at radius 2 is 2.13 bits per heavy atom. The molecule has 2 heterocycles. The van der Waals surface area contributed by atoms with Gasteiger partial charge in [0.25, 0.3) is 0 Å². The lowest BCUT2D eigenvalue weighted by molar-refractivity contribution is -0.139. The largest absolute Gasteiger partial charge is 0.344 e. The van der Waals surface area contributed by atoms with Crippen molar-refractivity contribution in [3.8, 4) is 0 Å². The Morgan fingerprint density at radius 1 is 1.43 bits per heavy atom. The third-order valence-corrected chi connectivity index (χ3v) is 6.77. The number of nitrogens with two attached hydrogens (primary N) is 1. The van der Waals surface area contributed by atoms with Gasteiger partial charge in [0.15, 0.2) is 6.29 Å². The average molecular weight is 436 g/mol. The van der Waals surface area contributed by atoms with Gasteiger partial charge in [-0.2, -0.15) is 0 Å². The molecule has 0 bridgehead atoms. The van der Waals surface area contributed by atoms with E-state index >= 15 is 0 Å². The SMILES string of the molecule is C=CC1C(C[C@@H](NC(=O)C2CCNCC2)C(=O)N(C)[C@@H](N)NC=O)=CSC1/C=C\C. The van der Waals surface area contributed by atoms with Crippen LogP contribution >= 0.6 is 11.8 Å². The summed E-state index contributed by atoms with van der Waals surface area (Å²) < 4.78 is 0. The van der Waals surface area contributed by atoms with E-state index in [1.54, 1.807) is 11.8 Å². The fraction of sp³-hybridized carbons (Fsp3) is 0.571. The van der Waals surface area contributed by atoms with E-state index in [0.29, 0.717) is 12.8 Å². The quantitative estimate of drug-likeness (QED) is 0.228. The van der Waals surface area contributed by atoms with Crippen LogP contribution in [0.4, 0.5) is 0 Å². The van der Waals surface area contributed by atoms with Crippen molar-refractivity contribution >= 4 is 30.0 Å². The molecule has 4 atom stereocenters. The second kappa shape index (κ2) is 11.9. The fourth-order valence-corrected chi connectivity index (χ4v) is 5.03. The van der Waals surface area contributed by atoms with Gasteiger partial charge in [0.1, 0.15) is 6.04 Å². The summed E-state index contributed by atoms with van der Waals surface area (Å²) in [6.45, 7) is 7.50. The van der Waals surface area contributed by atoms with Crippen LogP contribution in [0.2, 0.25) is 0 Å². The topological polar surface area (TPSA) is 117 Å². The van der Waals surface area contributed by atoms with E-state index in [1.807, 2.05) is 19.1 Å². The van der Waals surface area contributed by atoms with E-state index in [1.165, 1.54) is 11.9 Å². The first-order valence-electron chi connectivity index (χ1n) is 10.3. The highest BCUT2D eigenvalue weighted by Gasteiger charge is 2.34. The number of carbonyl (C=O) groups is 3. The third kappa shape index (κ3) is 6.20. The summed E-state index contributed by atoms with van der Waals surface area (Å²) in [5, 5.41) is 10.8. The Kier molecular flexibility index (Phi) is 9.61. The number of rotatable bonds is 10. The Hall–Kier alpha value is -2.10. The smallest absolute Gasteiger partial charge is 0.247 e. The summed E-state index contributed by atoms with van der Waals surface area (Å²) in [6, 6.07) is -0.768. The molecule has 9 heteroatoms. The fourth-order valence-electron chi connectivity index (χ4n) is 3.74. The molecule has 0 aromatic carbocycles. The van der Waals surface area contributed by atoms with Crippen LogP contribution in [0.15, 0.2) is 35.8 Å². The maximum atomic E-state index is 13.2. The normalized spacial score (nSPS) is 24.0. The molecule has 8 nitrogen and oxygen atoms in total. The van der Waals surface area contributed by atoms with Gasteiger partial charge in [0, 0.05) is 24.1 Å². The van der Waals surface area contributed by atoms with Crippen LogP contribution in [-0.4, -0.2) is 60.8 Å². The van der Waals surface area contributed by atoms with Crippen LogP contribution in [0.3, 0.4) is 0 Å².